The Hall–Kier alpha value is -1.03. The second-order valence-corrected chi connectivity index (χ2v) is 4.11. The largest absolute Gasteiger partial charge is 0.506 e. The minimum Gasteiger partial charge on any atom is -0.506 e. The smallest absolute Gasteiger partial charge is 0.393 e. The number of hydrogen-bond acceptors (Lipinski definition) is 3. The molecular formula is C13H25NO3. The summed E-state index contributed by atoms with van der Waals surface area (Å²) < 4.78 is 5.03. The molecule has 3 N–H and O–H groups in total. The van der Waals surface area contributed by atoms with E-state index in [0.29, 0.717) is 6.61 Å². The third-order valence-corrected chi connectivity index (χ3v) is 2.54. The number of quaternary nitrogens is 1. The zero-order valence-electron chi connectivity index (χ0n) is 11.0. The molecular weight excluding hydrogens is 218 g/mol. The van der Waals surface area contributed by atoms with Crippen LogP contribution in [0.15, 0.2) is 11.5 Å². The Labute approximate surface area is 104 Å². The molecule has 0 aromatic carbocycles. The van der Waals surface area contributed by atoms with E-state index in [1.165, 1.54) is 37.9 Å². The zero-order chi connectivity index (χ0) is 13.1. The quantitative estimate of drug-likeness (QED) is 0.214. The van der Waals surface area contributed by atoms with Crippen molar-refractivity contribution in [3.8, 4) is 0 Å². The van der Waals surface area contributed by atoms with Gasteiger partial charge in [-0.2, -0.15) is 0 Å². The van der Waals surface area contributed by atoms with Gasteiger partial charge in [-0.05, 0) is 13.3 Å². The maximum atomic E-state index is 11.4. The highest BCUT2D eigenvalue weighted by Gasteiger charge is 2.14. The summed E-state index contributed by atoms with van der Waals surface area (Å²) in [5.74, 6) is -0.540. The van der Waals surface area contributed by atoms with E-state index in [4.69, 9.17) is 4.74 Å². The summed E-state index contributed by atoms with van der Waals surface area (Å²) in [6.07, 6.45) is 6.90. The Bertz CT molecular complexity index is 245. The topological polar surface area (TPSA) is 63.1 Å². The summed E-state index contributed by atoms with van der Waals surface area (Å²) in [6, 6.07) is 0. The number of hydrogen-bond donors (Lipinski definition) is 2. The number of allylic oxidation sites excluding steroid dienone is 1. The van der Waals surface area contributed by atoms with Crippen molar-refractivity contribution >= 4 is 5.97 Å². The van der Waals surface area contributed by atoms with Gasteiger partial charge in [-0.3, -0.25) is 0 Å². The van der Waals surface area contributed by atoms with Gasteiger partial charge in [0, 0.05) is 0 Å². The number of rotatable bonds is 9. The van der Waals surface area contributed by atoms with Crippen LogP contribution in [0.25, 0.3) is 0 Å². The lowest BCUT2D eigenvalue weighted by Crippen LogP contribution is -2.77. The molecule has 0 aliphatic heterocycles. The fourth-order valence-electron chi connectivity index (χ4n) is 1.50. The number of nitrogens with two attached hydrogens (primary N) is 1. The lowest BCUT2D eigenvalue weighted by atomic mass is 10.1. The van der Waals surface area contributed by atoms with Crippen LogP contribution in [-0.4, -0.2) is 17.7 Å². The molecule has 0 bridgehead atoms. The Kier molecular flexibility index (Phi) is 9.53. The van der Waals surface area contributed by atoms with Crippen molar-refractivity contribution < 1.29 is 20.0 Å². The monoisotopic (exact) mass is 243 g/mol. The van der Waals surface area contributed by atoms with Gasteiger partial charge in [-0.15, -0.1) is 7.05 Å². The maximum Gasteiger partial charge on any atom is 0.393 e. The van der Waals surface area contributed by atoms with Crippen LogP contribution < -0.4 is 5.32 Å². The van der Waals surface area contributed by atoms with Gasteiger partial charge < -0.3 is 15.2 Å². The van der Waals surface area contributed by atoms with E-state index in [1.54, 1.807) is 0 Å². The number of carbonyl (C=O) groups excluding carboxylic acids is 1. The molecule has 0 amide bonds. The van der Waals surface area contributed by atoms with E-state index >= 15 is 0 Å². The van der Waals surface area contributed by atoms with Gasteiger partial charge in [0.2, 0.25) is 5.70 Å². The highest BCUT2D eigenvalue weighted by Crippen LogP contribution is 2.05. The van der Waals surface area contributed by atoms with Gasteiger partial charge in [0.25, 0.3) is 0 Å². The zero-order valence-corrected chi connectivity index (χ0v) is 11.0. The number of ether oxygens (including phenoxy) is 1. The molecule has 0 unspecified atom stereocenters. The van der Waals surface area contributed by atoms with Crippen LogP contribution in [0.5, 0.6) is 0 Å². The molecule has 0 saturated carbocycles. The molecule has 4 nitrogen and oxygen atoms in total. The number of unbranched alkanes of at least 4 members (excludes halogenated alkanes) is 5. The first-order valence-corrected chi connectivity index (χ1v) is 6.32. The van der Waals surface area contributed by atoms with Crippen LogP contribution in [0, 0.1) is 7.05 Å². The first kappa shape index (κ1) is 16.0. The van der Waals surface area contributed by atoms with Crippen LogP contribution in [0.1, 0.15) is 52.4 Å². The summed E-state index contributed by atoms with van der Waals surface area (Å²) in [4.78, 5) is 11.4. The standard InChI is InChI=1S/C13H25NO3/c1-4-5-6-7-8-9-10-17-13(16)12(14-3)11(2)15/h15H,3-10,14H2,1-2H3/b12-11+. The molecule has 0 saturated heterocycles. The van der Waals surface area contributed by atoms with Gasteiger partial charge in [-0.1, -0.05) is 39.0 Å². The van der Waals surface area contributed by atoms with Crippen LogP contribution in [-0.2, 0) is 9.53 Å². The van der Waals surface area contributed by atoms with Gasteiger partial charge in [0.15, 0.2) is 5.76 Å². The molecule has 0 atom stereocenters. The van der Waals surface area contributed by atoms with Crippen LogP contribution in [0.2, 0.25) is 0 Å². The van der Waals surface area contributed by atoms with Gasteiger partial charge in [0.1, 0.15) is 0 Å². The van der Waals surface area contributed by atoms with Crippen molar-refractivity contribution in [2.24, 2.45) is 0 Å². The third kappa shape index (κ3) is 7.80. The molecule has 100 valence electrons. The predicted octanol–water partition coefficient (Wildman–Crippen LogP) is 2.03. The molecule has 0 fully saturated rings. The van der Waals surface area contributed by atoms with E-state index in [0.717, 1.165) is 12.8 Å². The van der Waals surface area contributed by atoms with Gasteiger partial charge >= 0.3 is 5.97 Å². The van der Waals surface area contributed by atoms with Crippen LogP contribution in [0.4, 0.5) is 0 Å². The van der Waals surface area contributed by atoms with E-state index in [9.17, 15) is 9.90 Å². The summed E-state index contributed by atoms with van der Waals surface area (Å²) in [5, 5.41) is 10.5. The number of aliphatic hydroxyl groups is 1. The molecule has 0 heterocycles. The predicted molar refractivity (Wildman–Crippen MR) is 66.9 cm³/mol. The van der Waals surface area contributed by atoms with E-state index in [1.807, 2.05) is 0 Å². The van der Waals surface area contributed by atoms with Crippen molar-refractivity contribution in [3.63, 3.8) is 0 Å². The fraction of sp³-hybridized carbons (Fsp3) is 0.692. The summed E-state index contributed by atoms with van der Waals surface area (Å²) in [5.41, 5.74) is 0.149. The average Bonchev–Trinajstić information content (AvgIpc) is 2.28. The highest BCUT2D eigenvalue weighted by molar-refractivity contribution is 5.85. The van der Waals surface area contributed by atoms with Crippen LogP contribution in [0.3, 0.4) is 0 Å². The average molecular weight is 243 g/mol. The Morgan fingerprint density at radius 2 is 1.82 bits per heavy atom. The molecule has 0 aliphatic carbocycles. The number of aliphatic hydroxyl groups excluding tert-OH is 1. The van der Waals surface area contributed by atoms with Crippen molar-refractivity contribution in [1.82, 2.24) is 0 Å². The Morgan fingerprint density at radius 1 is 1.24 bits per heavy atom. The summed E-state index contributed by atoms with van der Waals surface area (Å²) in [6.45, 7) is 4.04. The molecule has 0 aliphatic rings. The third-order valence-electron chi connectivity index (χ3n) is 2.54. The molecule has 0 aromatic rings. The molecule has 0 rings (SSSR count). The highest BCUT2D eigenvalue weighted by atomic mass is 16.5. The first-order valence-electron chi connectivity index (χ1n) is 6.32. The Balaban J connectivity index is 3.62. The minimum absolute atomic E-state index is 0.0482. The molecule has 0 aromatic heterocycles. The SMILES string of the molecule is [CH2-][NH2+]/C(C(=O)OCCCCCCCC)=C(\C)O. The molecule has 0 radical (unpaired) electrons. The van der Waals surface area contributed by atoms with Crippen molar-refractivity contribution in [2.45, 2.75) is 52.4 Å². The van der Waals surface area contributed by atoms with Gasteiger partial charge in [-0.25, -0.2) is 4.79 Å². The molecule has 17 heavy (non-hydrogen) atoms. The first-order chi connectivity index (χ1) is 8.13. The molecule has 0 spiro atoms. The van der Waals surface area contributed by atoms with E-state index < -0.39 is 5.97 Å². The van der Waals surface area contributed by atoms with E-state index in [-0.39, 0.29) is 11.5 Å². The number of esters is 1. The summed E-state index contributed by atoms with van der Waals surface area (Å²) in [7, 11) is 3.46. The van der Waals surface area contributed by atoms with Crippen LogP contribution >= 0.6 is 0 Å². The summed E-state index contributed by atoms with van der Waals surface area (Å²) >= 11 is 0. The normalized spacial score (nSPS) is 12.2. The second kappa shape index (κ2) is 10.1. The van der Waals surface area contributed by atoms with E-state index in [2.05, 4.69) is 14.0 Å². The second-order valence-electron chi connectivity index (χ2n) is 4.11. The fourth-order valence-corrected chi connectivity index (χ4v) is 1.50. The lowest BCUT2D eigenvalue weighted by molar-refractivity contribution is -0.540. The van der Waals surface area contributed by atoms with Crippen molar-refractivity contribution in [1.29, 1.82) is 0 Å². The number of carbonyl (C=O) groups is 1. The van der Waals surface area contributed by atoms with Crippen molar-refractivity contribution in [2.75, 3.05) is 6.61 Å². The van der Waals surface area contributed by atoms with Crippen molar-refractivity contribution in [3.05, 3.63) is 18.5 Å². The van der Waals surface area contributed by atoms with Gasteiger partial charge in [0.05, 0.1) is 6.61 Å². The maximum absolute atomic E-state index is 11.4. The molecule has 4 heteroatoms. The minimum atomic E-state index is -0.492. The Morgan fingerprint density at radius 3 is 2.35 bits per heavy atom. The lowest BCUT2D eigenvalue weighted by Gasteiger charge is -2.07.